The monoisotopic (exact) mass is 427 g/mol. The van der Waals surface area contributed by atoms with Crippen LogP contribution in [0.4, 0.5) is 10.1 Å². The minimum Gasteiger partial charge on any atom is -0.329 e. The summed E-state index contributed by atoms with van der Waals surface area (Å²) in [5.74, 6) is -0.644. The van der Waals surface area contributed by atoms with Gasteiger partial charge in [-0.2, -0.15) is 0 Å². The van der Waals surface area contributed by atoms with Crippen molar-refractivity contribution in [2.75, 3.05) is 18.4 Å². The van der Waals surface area contributed by atoms with E-state index in [2.05, 4.69) is 10.0 Å². The van der Waals surface area contributed by atoms with Crippen LogP contribution < -0.4 is 15.8 Å². The second kappa shape index (κ2) is 9.00. The highest BCUT2D eigenvalue weighted by Gasteiger charge is 2.45. The zero-order valence-corrected chi connectivity index (χ0v) is 16.8. The molecule has 2 aromatic carbocycles. The molecule has 1 fully saturated rings. The lowest BCUT2D eigenvalue weighted by Crippen LogP contribution is -2.46. The molecule has 0 bridgehead atoms. The number of carbonyl (C=O) groups is 1. The number of sulfonamides is 1. The van der Waals surface area contributed by atoms with Crippen molar-refractivity contribution in [1.29, 1.82) is 0 Å². The molecular formula is C19H23ClFN3O3S. The van der Waals surface area contributed by atoms with Crippen LogP contribution in [0.15, 0.2) is 53.4 Å². The molecule has 0 aromatic heterocycles. The maximum Gasteiger partial charge on any atom is 0.240 e. The number of halogens is 2. The maximum atomic E-state index is 13.6. The summed E-state index contributed by atoms with van der Waals surface area (Å²) in [6.07, 6.45) is 2.12. The van der Waals surface area contributed by atoms with E-state index in [1.54, 1.807) is 24.3 Å². The lowest BCUT2D eigenvalue weighted by atomic mass is 9.63. The molecule has 4 N–H and O–H groups in total. The van der Waals surface area contributed by atoms with Crippen LogP contribution in [0.3, 0.4) is 0 Å². The lowest BCUT2D eigenvalue weighted by molar-refractivity contribution is -0.124. The maximum absolute atomic E-state index is 13.6. The van der Waals surface area contributed by atoms with Gasteiger partial charge in [-0.1, -0.05) is 24.6 Å². The van der Waals surface area contributed by atoms with Gasteiger partial charge < -0.3 is 11.1 Å². The molecule has 152 valence electrons. The van der Waals surface area contributed by atoms with Crippen molar-refractivity contribution >= 4 is 34.0 Å². The first-order valence-electron chi connectivity index (χ1n) is 8.75. The number of hydrogen-bond acceptors (Lipinski definition) is 4. The van der Waals surface area contributed by atoms with Crippen LogP contribution in [0.5, 0.6) is 0 Å². The molecule has 0 spiro atoms. The summed E-state index contributed by atoms with van der Waals surface area (Å²) in [6.45, 7) is 0.313. The Morgan fingerprint density at radius 2 is 1.86 bits per heavy atom. The summed E-state index contributed by atoms with van der Waals surface area (Å²) >= 11 is 0. The predicted octanol–water partition coefficient (Wildman–Crippen LogP) is 2.54. The van der Waals surface area contributed by atoms with Crippen LogP contribution >= 0.6 is 12.4 Å². The highest BCUT2D eigenvalue weighted by atomic mass is 35.5. The third kappa shape index (κ3) is 4.52. The fraction of sp³-hybridized carbons (Fsp3) is 0.316. The van der Waals surface area contributed by atoms with Crippen molar-refractivity contribution in [3.8, 4) is 0 Å². The standard InChI is InChI=1S/C19H22FN3O3S.ClH/c20-15-5-1-4-14(12-15)19(8-3-9-19)18(24)23-16-6-2-7-17(13-16)27(25,26)22-11-10-21;/h1-2,4-7,12-13,22H,3,8-11,21H2,(H,23,24);1H. The van der Waals surface area contributed by atoms with Gasteiger partial charge in [0, 0.05) is 18.8 Å². The summed E-state index contributed by atoms with van der Waals surface area (Å²) in [5, 5.41) is 2.79. The van der Waals surface area contributed by atoms with E-state index < -0.39 is 15.4 Å². The predicted molar refractivity (Wildman–Crippen MR) is 108 cm³/mol. The molecule has 1 aliphatic rings. The quantitative estimate of drug-likeness (QED) is 0.632. The first kappa shape index (κ1) is 22.3. The first-order chi connectivity index (χ1) is 12.9. The van der Waals surface area contributed by atoms with Crippen LogP contribution in [0.1, 0.15) is 24.8 Å². The number of amides is 1. The van der Waals surface area contributed by atoms with Crippen molar-refractivity contribution in [1.82, 2.24) is 4.72 Å². The first-order valence-corrected chi connectivity index (χ1v) is 10.2. The number of hydrogen-bond donors (Lipinski definition) is 3. The van der Waals surface area contributed by atoms with E-state index in [0.29, 0.717) is 24.1 Å². The summed E-state index contributed by atoms with van der Waals surface area (Å²) < 4.78 is 40.5. The molecule has 3 rings (SSSR count). The van der Waals surface area contributed by atoms with Gasteiger partial charge in [-0.25, -0.2) is 17.5 Å². The molecule has 2 aromatic rings. The van der Waals surface area contributed by atoms with Crippen LogP contribution in [-0.2, 0) is 20.2 Å². The fourth-order valence-electron chi connectivity index (χ4n) is 3.23. The average molecular weight is 428 g/mol. The zero-order chi connectivity index (χ0) is 19.5. The molecule has 6 nitrogen and oxygen atoms in total. The van der Waals surface area contributed by atoms with Gasteiger partial charge in [0.2, 0.25) is 15.9 Å². The Hall–Kier alpha value is -2.00. The van der Waals surface area contributed by atoms with Crippen molar-refractivity contribution < 1.29 is 17.6 Å². The number of nitrogens with one attached hydrogen (secondary N) is 2. The van der Waals surface area contributed by atoms with Crippen LogP contribution in [0.2, 0.25) is 0 Å². The van der Waals surface area contributed by atoms with Gasteiger partial charge in [0.05, 0.1) is 10.3 Å². The molecule has 28 heavy (non-hydrogen) atoms. The smallest absolute Gasteiger partial charge is 0.240 e. The van der Waals surface area contributed by atoms with E-state index in [4.69, 9.17) is 5.73 Å². The van der Waals surface area contributed by atoms with E-state index in [1.165, 1.54) is 24.3 Å². The van der Waals surface area contributed by atoms with Gasteiger partial charge in [0.15, 0.2) is 0 Å². The largest absolute Gasteiger partial charge is 0.329 e. The van der Waals surface area contributed by atoms with Crippen LogP contribution in [-0.4, -0.2) is 27.4 Å². The van der Waals surface area contributed by atoms with Crippen molar-refractivity contribution in [3.05, 3.63) is 59.9 Å². The minimum atomic E-state index is -3.70. The van der Waals surface area contributed by atoms with Crippen LogP contribution in [0.25, 0.3) is 0 Å². The van der Waals surface area contributed by atoms with Crippen molar-refractivity contribution in [3.63, 3.8) is 0 Å². The van der Waals surface area contributed by atoms with Gasteiger partial charge in [-0.3, -0.25) is 4.79 Å². The fourth-order valence-corrected chi connectivity index (χ4v) is 4.32. The highest BCUT2D eigenvalue weighted by Crippen LogP contribution is 2.44. The number of rotatable bonds is 7. The van der Waals surface area contributed by atoms with Crippen LogP contribution in [0, 0.1) is 5.82 Å². The summed E-state index contributed by atoms with van der Waals surface area (Å²) in [7, 11) is -3.70. The Kier molecular flexibility index (Phi) is 7.16. The number of carbonyl (C=O) groups excluding carboxylic acids is 1. The van der Waals surface area contributed by atoms with Gasteiger partial charge in [-0.15, -0.1) is 12.4 Å². The Balaban J connectivity index is 0.00000280. The van der Waals surface area contributed by atoms with Gasteiger partial charge >= 0.3 is 0 Å². The summed E-state index contributed by atoms with van der Waals surface area (Å²) in [5.41, 5.74) is 5.56. The molecule has 1 saturated carbocycles. The van der Waals surface area contributed by atoms with E-state index in [0.717, 1.165) is 6.42 Å². The Morgan fingerprint density at radius 1 is 1.14 bits per heavy atom. The molecule has 0 saturated heterocycles. The topological polar surface area (TPSA) is 101 Å². The summed E-state index contributed by atoms with van der Waals surface area (Å²) in [6, 6.07) is 12.1. The number of benzene rings is 2. The number of nitrogens with two attached hydrogens (primary N) is 1. The lowest BCUT2D eigenvalue weighted by Gasteiger charge is -2.40. The van der Waals surface area contributed by atoms with Gasteiger partial charge in [0.25, 0.3) is 0 Å². The minimum absolute atomic E-state index is 0. The third-order valence-corrected chi connectivity index (χ3v) is 6.32. The Labute approximate surface area is 170 Å². The number of anilines is 1. The Morgan fingerprint density at radius 3 is 2.46 bits per heavy atom. The molecule has 0 heterocycles. The molecule has 1 amide bonds. The van der Waals surface area contributed by atoms with E-state index in [1.807, 2.05) is 0 Å². The van der Waals surface area contributed by atoms with E-state index in [9.17, 15) is 17.6 Å². The average Bonchev–Trinajstić information content (AvgIpc) is 2.59. The van der Waals surface area contributed by atoms with Crippen molar-refractivity contribution in [2.24, 2.45) is 5.73 Å². The second-order valence-corrected chi connectivity index (χ2v) is 8.38. The van der Waals surface area contributed by atoms with Gasteiger partial charge in [0.1, 0.15) is 5.82 Å². The molecule has 1 aliphatic carbocycles. The Bertz CT molecular complexity index is 949. The molecule has 9 heteroatoms. The van der Waals surface area contributed by atoms with Crippen molar-refractivity contribution in [2.45, 2.75) is 29.6 Å². The normalized spacial score (nSPS) is 15.2. The summed E-state index contributed by atoms with van der Waals surface area (Å²) in [4.78, 5) is 13.0. The SMILES string of the molecule is Cl.NCCNS(=O)(=O)c1cccc(NC(=O)C2(c3cccc(F)c3)CCC2)c1. The highest BCUT2D eigenvalue weighted by molar-refractivity contribution is 7.89. The van der Waals surface area contributed by atoms with E-state index >= 15 is 0 Å². The zero-order valence-electron chi connectivity index (χ0n) is 15.2. The second-order valence-electron chi connectivity index (χ2n) is 6.61. The molecular weight excluding hydrogens is 405 g/mol. The molecule has 0 radical (unpaired) electrons. The third-order valence-electron chi connectivity index (χ3n) is 4.86. The molecule has 0 atom stereocenters. The molecule has 0 unspecified atom stereocenters. The van der Waals surface area contributed by atoms with Gasteiger partial charge in [-0.05, 0) is 48.7 Å². The van der Waals surface area contributed by atoms with E-state index in [-0.39, 0.29) is 42.1 Å². The molecule has 0 aliphatic heterocycles.